The van der Waals surface area contributed by atoms with Gasteiger partial charge in [-0.25, -0.2) is 0 Å². The lowest BCUT2D eigenvalue weighted by atomic mass is 10.1. The first-order valence-electron chi connectivity index (χ1n) is 5.40. The van der Waals surface area contributed by atoms with Crippen LogP contribution in [0.15, 0.2) is 34.7 Å². The molecule has 0 atom stereocenters. The predicted molar refractivity (Wildman–Crippen MR) is 62.9 cm³/mol. The minimum Gasteiger partial charge on any atom is -0.453 e. The van der Waals surface area contributed by atoms with Crippen molar-refractivity contribution in [2.24, 2.45) is 0 Å². The molecule has 2 aromatic rings. The first kappa shape index (κ1) is 14.6. The Bertz CT molecular complexity index is 692. The third-order valence-electron chi connectivity index (χ3n) is 2.41. The number of carbonyl (C=O) groups is 1. The molecule has 0 unspecified atom stereocenters. The molecule has 0 aliphatic heterocycles. The van der Waals surface area contributed by atoms with Crippen LogP contribution >= 0.6 is 0 Å². The smallest absolute Gasteiger partial charge is 0.453 e. The van der Waals surface area contributed by atoms with Crippen molar-refractivity contribution in [3.8, 4) is 17.1 Å². The van der Waals surface area contributed by atoms with Crippen molar-refractivity contribution in [2.75, 3.05) is 0 Å². The number of carbonyl (C=O) groups excluding carboxylic acids is 1. The normalized spacial score (nSPS) is 11.2. The van der Waals surface area contributed by atoms with E-state index in [0.29, 0.717) is 6.29 Å². The summed E-state index contributed by atoms with van der Waals surface area (Å²) in [7, 11) is 0. The van der Waals surface area contributed by atoms with Crippen LogP contribution in [0.25, 0.3) is 11.3 Å². The minimum atomic E-state index is -5.04. The van der Waals surface area contributed by atoms with E-state index in [-0.39, 0.29) is 17.1 Å². The van der Waals surface area contributed by atoms with E-state index in [9.17, 15) is 28.1 Å². The van der Waals surface area contributed by atoms with Gasteiger partial charge < -0.3 is 9.15 Å². The van der Waals surface area contributed by atoms with Crippen molar-refractivity contribution in [1.82, 2.24) is 0 Å². The second-order valence-electron chi connectivity index (χ2n) is 3.81. The fourth-order valence-electron chi connectivity index (χ4n) is 1.60. The van der Waals surface area contributed by atoms with Gasteiger partial charge in [0.15, 0.2) is 12.0 Å². The lowest BCUT2D eigenvalue weighted by molar-refractivity contribution is -0.388. The Morgan fingerprint density at radius 2 is 1.95 bits per heavy atom. The summed E-state index contributed by atoms with van der Waals surface area (Å²) in [6.07, 6.45) is -4.61. The first-order chi connectivity index (χ1) is 9.80. The maximum atomic E-state index is 12.2. The Hall–Kier alpha value is -2.84. The lowest BCUT2D eigenvalue weighted by Gasteiger charge is -2.09. The Morgan fingerprint density at radius 3 is 2.48 bits per heavy atom. The molecule has 0 saturated heterocycles. The van der Waals surface area contributed by atoms with Gasteiger partial charge in [0.1, 0.15) is 5.76 Å². The van der Waals surface area contributed by atoms with Crippen LogP contribution in [-0.4, -0.2) is 17.6 Å². The van der Waals surface area contributed by atoms with Crippen LogP contribution in [0.5, 0.6) is 5.75 Å². The third kappa shape index (κ3) is 3.38. The largest absolute Gasteiger partial charge is 0.573 e. The van der Waals surface area contributed by atoms with Gasteiger partial charge in [-0.2, -0.15) is 0 Å². The van der Waals surface area contributed by atoms with Crippen LogP contribution in [0, 0.1) is 10.1 Å². The highest BCUT2D eigenvalue weighted by Crippen LogP contribution is 2.35. The second-order valence-corrected chi connectivity index (χ2v) is 3.81. The van der Waals surface area contributed by atoms with Crippen LogP contribution in [0.2, 0.25) is 0 Å². The second kappa shape index (κ2) is 5.27. The predicted octanol–water partition coefficient (Wildman–Crippen LogP) is 3.57. The molecule has 0 radical (unpaired) electrons. The number of furan rings is 1. The molecule has 0 saturated carbocycles. The highest BCUT2D eigenvalue weighted by molar-refractivity contribution is 5.73. The molecule has 0 amide bonds. The van der Waals surface area contributed by atoms with Gasteiger partial charge in [0.25, 0.3) is 0 Å². The van der Waals surface area contributed by atoms with E-state index < -0.39 is 22.7 Å². The Balaban J connectivity index is 2.45. The first-order valence-corrected chi connectivity index (χ1v) is 5.40. The van der Waals surface area contributed by atoms with E-state index in [1.54, 1.807) is 0 Å². The van der Waals surface area contributed by atoms with E-state index in [1.165, 1.54) is 12.1 Å². The number of aldehydes is 1. The molecular formula is C12H6F3NO5. The van der Waals surface area contributed by atoms with Crippen LogP contribution < -0.4 is 4.74 Å². The van der Waals surface area contributed by atoms with Crippen LogP contribution in [0.1, 0.15) is 10.6 Å². The third-order valence-corrected chi connectivity index (χ3v) is 2.41. The SMILES string of the molecule is O=Cc1ccc(-c2ccc(OC(F)(F)F)c([N+](=O)[O-])c2)o1. The summed E-state index contributed by atoms with van der Waals surface area (Å²) < 4.78 is 45.1. The summed E-state index contributed by atoms with van der Waals surface area (Å²) in [4.78, 5) is 20.3. The highest BCUT2D eigenvalue weighted by Gasteiger charge is 2.34. The van der Waals surface area contributed by atoms with Crippen LogP contribution in [0.4, 0.5) is 18.9 Å². The minimum absolute atomic E-state index is 0.0109. The van der Waals surface area contributed by atoms with Crippen LogP contribution in [0.3, 0.4) is 0 Å². The molecule has 0 spiro atoms. The number of hydrogen-bond donors (Lipinski definition) is 0. The molecule has 1 heterocycles. The number of halogens is 3. The Labute approximate surface area is 114 Å². The molecule has 0 fully saturated rings. The van der Waals surface area contributed by atoms with Gasteiger partial charge in [-0.3, -0.25) is 14.9 Å². The molecule has 2 rings (SSSR count). The van der Waals surface area contributed by atoms with E-state index in [2.05, 4.69) is 4.74 Å². The molecule has 6 nitrogen and oxygen atoms in total. The molecule has 0 N–H and O–H groups in total. The lowest BCUT2D eigenvalue weighted by Crippen LogP contribution is -2.17. The monoisotopic (exact) mass is 301 g/mol. The van der Waals surface area contributed by atoms with E-state index in [1.807, 2.05) is 0 Å². The van der Waals surface area contributed by atoms with Gasteiger partial charge in [-0.05, 0) is 24.3 Å². The summed E-state index contributed by atoms with van der Waals surface area (Å²) in [5, 5.41) is 10.8. The maximum absolute atomic E-state index is 12.2. The molecule has 0 bridgehead atoms. The molecule has 9 heteroatoms. The molecule has 110 valence electrons. The van der Waals surface area contributed by atoms with Gasteiger partial charge in [0, 0.05) is 11.6 Å². The topological polar surface area (TPSA) is 82.6 Å². The average Bonchev–Trinajstić information content (AvgIpc) is 2.85. The van der Waals surface area contributed by atoms with E-state index in [4.69, 9.17) is 4.42 Å². The van der Waals surface area contributed by atoms with Gasteiger partial charge in [-0.15, -0.1) is 13.2 Å². The molecule has 0 aliphatic rings. The number of ether oxygens (including phenoxy) is 1. The van der Waals surface area contributed by atoms with Gasteiger partial charge in [-0.1, -0.05) is 0 Å². The summed E-state index contributed by atoms with van der Waals surface area (Å²) in [6.45, 7) is 0. The van der Waals surface area contributed by atoms with E-state index >= 15 is 0 Å². The van der Waals surface area contributed by atoms with Crippen molar-refractivity contribution < 1.29 is 32.0 Å². The molecule has 1 aromatic heterocycles. The van der Waals surface area contributed by atoms with Crippen molar-refractivity contribution in [3.05, 3.63) is 46.2 Å². The van der Waals surface area contributed by atoms with E-state index in [0.717, 1.165) is 18.2 Å². The molecule has 0 aliphatic carbocycles. The number of hydrogen-bond acceptors (Lipinski definition) is 5. The zero-order valence-corrected chi connectivity index (χ0v) is 10.1. The summed E-state index contributed by atoms with van der Waals surface area (Å²) in [5.74, 6) is -0.833. The van der Waals surface area contributed by atoms with Crippen molar-refractivity contribution in [2.45, 2.75) is 6.36 Å². The molecule has 1 aromatic carbocycles. The molecule has 21 heavy (non-hydrogen) atoms. The number of nitro groups is 1. The maximum Gasteiger partial charge on any atom is 0.573 e. The zero-order chi connectivity index (χ0) is 15.6. The summed E-state index contributed by atoms with van der Waals surface area (Å²) in [6, 6.07) is 5.53. The van der Waals surface area contributed by atoms with Gasteiger partial charge >= 0.3 is 12.0 Å². The molecular weight excluding hydrogens is 295 g/mol. The number of rotatable bonds is 4. The fourth-order valence-corrected chi connectivity index (χ4v) is 1.60. The van der Waals surface area contributed by atoms with Crippen molar-refractivity contribution >= 4 is 12.0 Å². The average molecular weight is 301 g/mol. The zero-order valence-electron chi connectivity index (χ0n) is 10.1. The summed E-state index contributed by atoms with van der Waals surface area (Å²) in [5.41, 5.74) is -0.724. The highest BCUT2D eigenvalue weighted by atomic mass is 19.4. The van der Waals surface area contributed by atoms with Crippen molar-refractivity contribution in [1.29, 1.82) is 0 Å². The van der Waals surface area contributed by atoms with Crippen molar-refractivity contribution in [3.63, 3.8) is 0 Å². The number of benzene rings is 1. The van der Waals surface area contributed by atoms with Crippen LogP contribution in [-0.2, 0) is 0 Å². The fraction of sp³-hybridized carbons (Fsp3) is 0.0833. The van der Waals surface area contributed by atoms with Gasteiger partial charge in [0.05, 0.1) is 4.92 Å². The quantitative estimate of drug-likeness (QED) is 0.490. The standard InChI is InChI=1S/C12H6F3NO5/c13-12(14,15)21-11-3-1-7(5-9(11)16(18)19)10-4-2-8(6-17)20-10/h1-6H. The Kier molecular flexibility index (Phi) is 3.66. The number of nitrogens with zero attached hydrogens (tertiary/aromatic N) is 1. The summed E-state index contributed by atoms with van der Waals surface area (Å²) >= 11 is 0. The Morgan fingerprint density at radius 1 is 1.24 bits per heavy atom. The van der Waals surface area contributed by atoms with Gasteiger partial charge in [0.2, 0.25) is 5.75 Å². The number of alkyl halides is 3. The number of nitro benzene ring substituents is 1.